The van der Waals surface area contributed by atoms with Crippen molar-refractivity contribution in [1.29, 1.82) is 0 Å². The summed E-state index contributed by atoms with van der Waals surface area (Å²) in [5.41, 5.74) is 2.41. The van der Waals surface area contributed by atoms with Crippen molar-refractivity contribution in [3.05, 3.63) is 29.8 Å². The van der Waals surface area contributed by atoms with E-state index in [-0.39, 0.29) is 11.4 Å². The molecule has 0 radical (unpaired) electrons. The van der Waals surface area contributed by atoms with Crippen molar-refractivity contribution >= 4 is 11.6 Å². The molecule has 1 aliphatic rings. The first-order valence-electron chi connectivity index (χ1n) is 6.93. The van der Waals surface area contributed by atoms with Gasteiger partial charge in [-0.05, 0) is 43.7 Å². The highest BCUT2D eigenvalue weighted by Crippen LogP contribution is 2.46. The van der Waals surface area contributed by atoms with Gasteiger partial charge in [0.25, 0.3) is 0 Å². The zero-order valence-electron chi connectivity index (χ0n) is 11.9. The molecule has 1 heterocycles. The second-order valence-electron chi connectivity index (χ2n) is 5.57. The van der Waals surface area contributed by atoms with Crippen LogP contribution in [0, 0.1) is 0 Å². The van der Waals surface area contributed by atoms with Crippen molar-refractivity contribution in [3.63, 3.8) is 0 Å². The third kappa shape index (κ3) is 1.94. The van der Waals surface area contributed by atoms with Gasteiger partial charge in [-0.15, -0.1) is 0 Å². The van der Waals surface area contributed by atoms with E-state index in [4.69, 9.17) is 0 Å². The number of carbonyl (C=O) groups is 1. The summed E-state index contributed by atoms with van der Waals surface area (Å²) < 4.78 is 0. The van der Waals surface area contributed by atoms with Gasteiger partial charge in [0, 0.05) is 18.2 Å². The Hall–Kier alpha value is -1.31. The molecule has 0 saturated heterocycles. The standard InChI is InChI=1S/C16H23NO/c1-5-13-11-16(4,6-2)17(12(3)18)15-10-8-7-9-14(13)15/h7-10,13H,5-6,11H2,1-4H3. The van der Waals surface area contributed by atoms with E-state index in [9.17, 15) is 4.79 Å². The maximum atomic E-state index is 12.1. The Bertz CT molecular complexity index is 454. The highest BCUT2D eigenvalue weighted by atomic mass is 16.2. The minimum absolute atomic E-state index is 0.0408. The third-order valence-corrected chi connectivity index (χ3v) is 4.41. The van der Waals surface area contributed by atoms with Crippen LogP contribution in [0.3, 0.4) is 0 Å². The van der Waals surface area contributed by atoms with Gasteiger partial charge in [-0.2, -0.15) is 0 Å². The molecule has 0 aromatic heterocycles. The van der Waals surface area contributed by atoms with Crippen LogP contribution in [-0.4, -0.2) is 11.4 Å². The van der Waals surface area contributed by atoms with Crippen molar-refractivity contribution in [2.24, 2.45) is 0 Å². The van der Waals surface area contributed by atoms with Gasteiger partial charge < -0.3 is 4.90 Å². The van der Waals surface area contributed by atoms with E-state index >= 15 is 0 Å². The SMILES string of the molecule is CCC1CC(C)(CC)N(C(C)=O)c2ccccc21. The number of fused-ring (bicyclic) bond motifs is 1. The minimum atomic E-state index is -0.0408. The first-order chi connectivity index (χ1) is 8.53. The molecule has 1 aromatic carbocycles. The lowest BCUT2D eigenvalue weighted by Gasteiger charge is -2.48. The fourth-order valence-electron chi connectivity index (χ4n) is 3.28. The van der Waals surface area contributed by atoms with E-state index in [2.05, 4.69) is 39.0 Å². The van der Waals surface area contributed by atoms with Crippen molar-refractivity contribution in [1.82, 2.24) is 0 Å². The molecule has 2 unspecified atom stereocenters. The van der Waals surface area contributed by atoms with Crippen LogP contribution < -0.4 is 4.90 Å². The molecular formula is C16H23NO. The van der Waals surface area contributed by atoms with Gasteiger partial charge in [-0.1, -0.05) is 32.0 Å². The number of amides is 1. The van der Waals surface area contributed by atoms with Gasteiger partial charge in [0.05, 0.1) is 0 Å². The number of nitrogens with zero attached hydrogens (tertiary/aromatic N) is 1. The first-order valence-corrected chi connectivity index (χ1v) is 6.93. The number of rotatable bonds is 2. The largest absolute Gasteiger partial charge is 0.307 e. The molecule has 1 amide bonds. The quantitative estimate of drug-likeness (QED) is 0.768. The van der Waals surface area contributed by atoms with Crippen LogP contribution in [0.15, 0.2) is 24.3 Å². The lowest BCUT2D eigenvalue weighted by atomic mass is 9.75. The van der Waals surface area contributed by atoms with Crippen molar-refractivity contribution in [3.8, 4) is 0 Å². The molecule has 0 saturated carbocycles. The number of anilines is 1. The highest BCUT2D eigenvalue weighted by Gasteiger charge is 2.41. The van der Waals surface area contributed by atoms with E-state index in [0.29, 0.717) is 5.92 Å². The maximum Gasteiger partial charge on any atom is 0.224 e. The average Bonchev–Trinajstić information content (AvgIpc) is 2.37. The Balaban J connectivity index is 2.58. The zero-order valence-corrected chi connectivity index (χ0v) is 11.9. The summed E-state index contributed by atoms with van der Waals surface area (Å²) in [5, 5.41) is 0. The lowest BCUT2D eigenvalue weighted by Crippen LogP contribution is -2.52. The molecule has 18 heavy (non-hydrogen) atoms. The van der Waals surface area contributed by atoms with Crippen LogP contribution in [0.5, 0.6) is 0 Å². The summed E-state index contributed by atoms with van der Waals surface area (Å²) in [4.78, 5) is 14.1. The van der Waals surface area contributed by atoms with Gasteiger partial charge in [0.2, 0.25) is 5.91 Å². The smallest absolute Gasteiger partial charge is 0.224 e. The second-order valence-corrected chi connectivity index (χ2v) is 5.57. The van der Waals surface area contributed by atoms with Crippen molar-refractivity contribution < 1.29 is 4.79 Å². The van der Waals surface area contributed by atoms with E-state index in [1.165, 1.54) is 5.56 Å². The third-order valence-electron chi connectivity index (χ3n) is 4.41. The Labute approximate surface area is 110 Å². The number of hydrogen-bond acceptors (Lipinski definition) is 1. The molecule has 0 spiro atoms. The topological polar surface area (TPSA) is 20.3 Å². The van der Waals surface area contributed by atoms with Crippen molar-refractivity contribution in [2.45, 2.75) is 58.4 Å². The van der Waals surface area contributed by atoms with E-state index in [1.807, 2.05) is 11.0 Å². The van der Waals surface area contributed by atoms with Gasteiger partial charge in [-0.25, -0.2) is 0 Å². The van der Waals surface area contributed by atoms with Crippen LogP contribution in [0.1, 0.15) is 58.4 Å². The van der Waals surface area contributed by atoms with Crippen molar-refractivity contribution in [2.75, 3.05) is 4.90 Å². The number of hydrogen-bond donors (Lipinski definition) is 0. The summed E-state index contributed by atoms with van der Waals surface area (Å²) >= 11 is 0. The van der Waals surface area contributed by atoms with Crippen LogP contribution in [-0.2, 0) is 4.79 Å². The predicted molar refractivity (Wildman–Crippen MR) is 75.9 cm³/mol. The molecule has 0 N–H and O–H groups in total. The Morgan fingerprint density at radius 2 is 2.06 bits per heavy atom. The summed E-state index contributed by atoms with van der Waals surface area (Å²) in [7, 11) is 0. The number of benzene rings is 1. The summed E-state index contributed by atoms with van der Waals surface area (Å²) in [6.45, 7) is 8.31. The molecule has 2 nitrogen and oxygen atoms in total. The van der Waals surface area contributed by atoms with Gasteiger partial charge >= 0.3 is 0 Å². The molecule has 1 aromatic rings. The molecule has 0 bridgehead atoms. The van der Waals surface area contributed by atoms with Crippen LogP contribution >= 0.6 is 0 Å². The fourth-order valence-corrected chi connectivity index (χ4v) is 3.28. The molecule has 0 fully saturated rings. The minimum Gasteiger partial charge on any atom is -0.307 e. The lowest BCUT2D eigenvalue weighted by molar-refractivity contribution is -0.118. The first kappa shape index (κ1) is 13.1. The maximum absolute atomic E-state index is 12.1. The van der Waals surface area contributed by atoms with Crippen LogP contribution in [0.2, 0.25) is 0 Å². The predicted octanol–water partition coefficient (Wildman–Crippen LogP) is 4.11. The highest BCUT2D eigenvalue weighted by molar-refractivity contribution is 5.94. The van der Waals surface area contributed by atoms with E-state index < -0.39 is 0 Å². The number of carbonyl (C=O) groups excluding carboxylic acids is 1. The van der Waals surface area contributed by atoms with E-state index in [0.717, 1.165) is 24.9 Å². The Morgan fingerprint density at radius 3 is 2.61 bits per heavy atom. The van der Waals surface area contributed by atoms with E-state index in [1.54, 1.807) is 6.92 Å². The molecule has 2 rings (SSSR count). The summed E-state index contributed by atoms with van der Waals surface area (Å²) in [5.74, 6) is 0.725. The molecule has 1 aliphatic heterocycles. The second kappa shape index (κ2) is 4.75. The Morgan fingerprint density at radius 1 is 1.39 bits per heavy atom. The van der Waals surface area contributed by atoms with Crippen LogP contribution in [0.25, 0.3) is 0 Å². The van der Waals surface area contributed by atoms with Gasteiger partial charge in [0.1, 0.15) is 0 Å². The number of para-hydroxylation sites is 1. The normalized spacial score (nSPS) is 26.9. The fraction of sp³-hybridized carbons (Fsp3) is 0.562. The molecule has 0 aliphatic carbocycles. The van der Waals surface area contributed by atoms with Gasteiger partial charge in [-0.3, -0.25) is 4.79 Å². The monoisotopic (exact) mass is 245 g/mol. The van der Waals surface area contributed by atoms with Gasteiger partial charge in [0.15, 0.2) is 0 Å². The average molecular weight is 245 g/mol. The van der Waals surface area contributed by atoms with Crippen LogP contribution in [0.4, 0.5) is 5.69 Å². The molecule has 98 valence electrons. The summed E-state index contributed by atoms with van der Waals surface area (Å²) in [6.07, 6.45) is 3.20. The Kier molecular flexibility index (Phi) is 3.47. The molecule has 2 atom stereocenters. The molecular weight excluding hydrogens is 222 g/mol. The molecule has 2 heteroatoms. The summed E-state index contributed by atoms with van der Waals surface area (Å²) in [6, 6.07) is 8.37. The zero-order chi connectivity index (χ0) is 13.3.